The summed E-state index contributed by atoms with van der Waals surface area (Å²) in [7, 11) is 0. The van der Waals surface area contributed by atoms with Gasteiger partial charge in [0.15, 0.2) is 0 Å². The molecule has 0 spiro atoms. The summed E-state index contributed by atoms with van der Waals surface area (Å²) in [5.74, 6) is 0.453. The highest BCUT2D eigenvalue weighted by Crippen LogP contribution is 2.44. The second kappa shape index (κ2) is 14.9. The van der Waals surface area contributed by atoms with Crippen molar-refractivity contribution in [3.63, 3.8) is 0 Å². The molecule has 2 amide bonds. The molecule has 1 saturated carbocycles. The highest BCUT2D eigenvalue weighted by atomic mass is 16.5. The lowest BCUT2D eigenvalue weighted by atomic mass is 9.71. The Morgan fingerprint density at radius 1 is 0.977 bits per heavy atom. The fourth-order valence-electron chi connectivity index (χ4n) is 6.77. The zero-order valence-electron chi connectivity index (χ0n) is 26.5. The number of unbranched alkanes of at least 4 members (excludes halogenated alkanes) is 2. The average molecular weight is 591 g/mol. The highest BCUT2D eigenvalue weighted by Gasteiger charge is 2.39. The maximum atomic E-state index is 14.1. The predicted octanol–water partition coefficient (Wildman–Crippen LogP) is 7.12. The molecule has 0 aliphatic heterocycles. The van der Waals surface area contributed by atoms with E-state index in [2.05, 4.69) is 37.9 Å². The van der Waals surface area contributed by atoms with E-state index >= 15 is 0 Å². The van der Waals surface area contributed by atoms with E-state index in [1.54, 1.807) is 0 Å². The number of amides is 2. The molecule has 0 saturated heterocycles. The lowest BCUT2D eigenvalue weighted by molar-refractivity contribution is -0.138. The molecule has 2 aromatic carbocycles. The normalized spacial score (nSPS) is 19.9. The number of nitrogens with one attached hydrogen (secondary N) is 1. The maximum absolute atomic E-state index is 14.1. The molecule has 1 atom stereocenters. The SMILES string of the molecule is CCCCCOc1ccc(CC(=O)N(C2CCC(C(C)(C)C)CC2)C2CCc3cc(C(=O)NCCC(=O)O)ccc32)cc1. The van der Waals surface area contributed by atoms with Crippen molar-refractivity contribution in [1.29, 1.82) is 0 Å². The summed E-state index contributed by atoms with van der Waals surface area (Å²) in [5, 5.41) is 11.6. The molecule has 0 aromatic heterocycles. The van der Waals surface area contributed by atoms with Gasteiger partial charge < -0.3 is 20.1 Å². The summed E-state index contributed by atoms with van der Waals surface area (Å²) in [6, 6.07) is 13.9. The van der Waals surface area contributed by atoms with Crippen LogP contribution in [0.4, 0.5) is 0 Å². The van der Waals surface area contributed by atoms with Crippen molar-refractivity contribution in [3.8, 4) is 5.75 Å². The summed E-state index contributed by atoms with van der Waals surface area (Å²) in [6.45, 7) is 9.95. The first-order valence-corrected chi connectivity index (χ1v) is 16.2. The van der Waals surface area contributed by atoms with E-state index in [0.717, 1.165) is 80.2 Å². The minimum Gasteiger partial charge on any atom is -0.494 e. The maximum Gasteiger partial charge on any atom is 0.305 e. The Balaban J connectivity index is 1.50. The topological polar surface area (TPSA) is 95.9 Å². The quantitative estimate of drug-likeness (QED) is 0.242. The Hall–Kier alpha value is -3.35. The van der Waals surface area contributed by atoms with Gasteiger partial charge in [-0.3, -0.25) is 14.4 Å². The number of hydrogen-bond acceptors (Lipinski definition) is 4. The van der Waals surface area contributed by atoms with Crippen LogP contribution in [0.1, 0.15) is 119 Å². The zero-order chi connectivity index (χ0) is 31.0. The van der Waals surface area contributed by atoms with Crippen LogP contribution >= 0.6 is 0 Å². The van der Waals surface area contributed by atoms with E-state index < -0.39 is 5.97 Å². The van der Waals surface area contributed by atoms with Gasteiger partial charge in [0.25, 0.3) is 5.91 Å². The third-order valence-electron chi connectivity index (χ3n) is 9.31. The molecule has 7 nitrogen and oxygen atoms in total. The molecule has 0 radical (unpaired) electrons. The van der Waals surface area contributed by atoms with Gasteiger partial charge in [0.05, 0.1) is 25.5 Å². The van der Waals surface area contributed by atoms with Crippen LogP contribution in [0.2, 0.25) is 0 Å². The van der Waals surface area contributed by atoms with Crippen LogP contribution in [0.3, 0.4) is 0 Å². The monoisotopic (exact) mass is 590 g/mol. The number of carboxylic acids is 1. The Kier molecular flexibility index (Phi) is 11.3. The number of carboxylic acid groups (broad SMARTS) is 1. The van der Waals surface area contributed by atoms with E-state index in [4.69, 9.17) is 9.84 Å². The Bertz CT molecular complexity index is 1240. The minimum absolute atomic E-state index is 0.0102. The number of hydrogen-bond donors (Lipinski definition) is 2. The third-order valence-corrected chi connectivity index (χ3v) is 9.31. The van der Waals surface area contributed by atoms with E-state index in [-0.39, 0.29) is 42.3 Å². The number of carbonyl (C=O) groups is 3. The van der Waals surface area contributed by atoms with Gasteiger partial charge in [-0.1, -0.05) is 58.7 Å². The Morgan fingerprint density at radius 3 is 2.35 bits per heavy atom. The summed E-state index contributed by atoms with van der Waals surface area (Å²) < 4.78 is 5.88. The number of fused-ring (bicyclic) bond motifs is 1. The van der Waals surface area contributed by atoms with Gasteiger partial charge in [-0.05, 0) is 97.2 Å². The predicted molar refractivity (Wildman–Crippen MR) is 169 cm³/mol. The molecule has 234 valence electrons. The van der Waals surface area contributed by atoms with Gasteiger partial charge in [-0.2, -0.15) is 0 Å². The number of nitrogens with zero attached hydrogens (tertiary/aromatic N) is 1. The van der Waals surface area contributed by atoms with Crippen molar-refractivity contribution < 1.29 is 24.2 Å². The van der Waals surface area contributed by atoms with Crippen LogP contribution in [-0.4, -0.2) is 47.0 Å². The fourth-order valence-corrected chi connectivity index (χ4v) is 6.77. The lowest BCUT2D eigenvalue weighted by Crippen LogP contribution is -2.45. The highest BCUT2D eigenvalue weighted by molar-refractivity contribution is 5.94. The zero-order valence-corrected chi connectivity index (χ0v) is 26.5. The van der Waals surface area contributed by atoms with Gasteiger partial charge in [-0.25, -0.2) is 0 Å². The molecule has 43 heavy (non-hydrogen) atoms. The largest absolute Gasteiger partial charge is 0.494 e. The molecule has 4 rings (SSSR count). The van der Waals surface area contributed by atoms with Crippen LogP contribution in [0.25, 0.3) is 0 Å². The average Bonchev–Trinajstić information content (AvgIpc) is 3.38. The lowest BCUT2D eigenvalue weighted by Gasteiger charge is -2.43. The molecular formula is C36H50N2O5. The van der Waals surface area contributed by atoms with Crippen LogP contribution in [0, 0.1) is 11.3 Å². The Labute approximate surface area is 257 Å². The van der Waals surface area contributed by atoms with Gasteiger partial charge >= 0.3 is 5.97 Å². The molecule has 7 heteroatoms. The van der Waals surface area contributed by atoms with Crippen LogP contribution in [0.5, 0.6) is 5.75 Å². The molecule has 0 bridgehead atoms. The van der Waals surface area contributed by atoms with Crippen LogP contribution in [0.15, 0.2) is 42.5 Å². The second-order valence-electron chi connectivity index (χ2n) is 13.4. The molecule has 2 aliphatic rings. The van der Waals surface area contributed by atoms with E-state index in [1.807, 2.05) is 42.5 Å². The number of ether oxygens (including phenoxy) is 1. The van der Waals surface area contributed by atoms with Gasteiger partial charge in [0.1, 0.15) is 5.75 Å². The third kappa shape index (κ3) is 8.84. The second-order valence-corrected chi connectivity index (χ2v) is 13.4. The van der Waals surface area contributed by atoms with E-state index in [9.17, 15) is 14.4 Å². The summed E-state index contributed by atoms with van der Waals surface area (Å²) in [5.41, 5.74) is 4.02. The van der Waals surface area contributed by atoms with E-state index in [0.29, 0.717) is 24.5 Å². The summed E-state index contributed by atoms with van der Waals surface area (Å²) >= 11 is 0. The molecule has 1 unspecified atom stereocenters. The molecule has 1 fully saturated rings. The van der Waals surface area contributed by atoms with Crippen molar-refractivity contribution in [1.82, 2.24) is 10.2 Å². The molecule has 2 aromatic rings. The molecule has 2 aliphatic carbocycles. The van der Waals surface area contributed by atoms with Crippen LogP contribution < -0.4 is 10.1 Å². The van der Waals surface area contributed by atoms with Crippen molar-refractivity contribution in [2.45, 2.75) is 110 Å². The molecule has 2 N–H and O–H groups in total. The number of carbonyl (C=O) groups excluding carboxylic acids is 2. The first kappa shape index (κ1) is 32.6. The standard InChI is InChI=1S/C36H50N2O5/c1-5-6-7-22-43-30-16-8-25(9-17-30)23-33(39)38(29-14-12-28(13-15-29)36(2,3)4)32-19-11-26-24-27(10-18-31(26)32)35(42)37-21-20-34(40)41/h8-10,16-18,24,28-29,32H,5-7,11-15,19-23H2,1-4H3,(H,37,42)(H,40,41). The molecular weight excluding hydrogens is 540 g/mol. The first-order valence-electron chi connectivity index (χ1n) is 16.2. The summed E-state index contributed by atoms with van der Waals surface area (Å²) in [4.78, 5) is 39.8. The van der Waals surface area contributed by atoms with Gasteiger partial charge in [0, 0.05) is 18.2 Å². The summed E-state index contributed by atoms with van der Waals surface area (Å²) in [6.07, 6.45) is 9.52. The van der Waals surface area contributed by atoms with Gasteiger partial charge in [-0.15, -0.1) is 0 Å². The van der Waals surface area contributed by atoms with E-state index in [1.165, 1.54) is 0 Å². The van der Waals surface area contributed by atoms with Gasteiger partial charge in [0.2, 0.25) is 5.91 Å². The van der Waals surface area contributed by atoms with Crippen molar-refractivity contribution >= 4 is 17.8 Å². The molecule has 0 heterocycles. The van der Waals surface area contributed by atoms with Crippen LogP contribution in [-0.2, 0) is 22.4 Å². The smallest absolute Gasteiger partial charge is 0.305 e. The number of aliphatic carboxylic acids is 1. The minimum atomic E-state index is -0.940. The van der Waals surface area contributed by atoms with Crippen molar-refractivity contribution in [3.05, 3.63) is 64.7 Å². The Morgan fingerprint density at radius 2 is 1.70 bits per heavy atom. The van der Waals surface area contributed by atoms with Crippen molar-refractivity contribution in [2.75, 3.05) is 13.2 Å². The number of aryl methyl sites for hydroxylation is 1. The first-order chi connectivity index (χ1) is 20.6. The fraction of sp³-hybridized carbons (Fsp3) is 0.583. The number of benzene rings is 2. The van der Waals surface area contributed by atoms with Crippen molar-refractivity contribution in [2.24, 2.45) is 11.3 Å². The number of rotatable bonds is 13.